The first kappa shape index (κ1) is 21.1. The number of likely N-dealkylation sites (N-methyl/N-ethyl adjacent to an activating group) is 1. The summed E-state index contributed by atoms with van der Waals surface area (Å²) in [6.45, 7) is 3.69. The third kappa shape index (κ3) is 5.26. The molecule has 2 amide bonds. The van der Waals surface area contributed by atoms with Crippen molar-refractivity contribution in [3.8, 4) is 16.9 Å². The van der Waals surface area contributed by atoms with Gasteiger partial charge in [0, 0.05) is 18.3 Å². The highest BCUT2D eigenvalue weighted by Crippen LogP contribution is 2.29. The molecule has 0 saturated carbocycles. The summed E-state index contributed by atoms with van der Waals surface area (Å²) in [6, 6.07) is 23.3. The van der Waals surface area contributed by atoms with Crippen molar-refractivity contribution in [2.75, 3.05) is 25.5 Å². The molecule has 0 unspecified atom stereocenters. The minimum atomic E-state index is -0.269. The summed E-state index contributed by atoms with van der Waals surface area (Å²) >= 11 is 0. The van der Waals surface area contributed by atoms with Gasteiger partial charge in [-0.3, -0.25) is 9.59 Å². The maximum absolute atomic E-state index is 12.5. The van der Waals surface area contributed by atoms with E-state index in [9.17, 15) is 9.59 Å². The maximum atomic E-state index is 12.5. The van der Waals surface area contributed by atoms with Crippen LogP contribution in [0.15, 0.2) is 72.8 Å². The van der Waals surface area contributed by atoms with Crippen molar-refractivity contribution < 1.29 is 14.3 Å². The highest BCUT2D eigenvalue weighted by atomic mass is 16.5. The fraction of sp³-hybridized carbons (Fsp3) is 0.200. The van der Waals surface area contributed by atoms with E-state index in [1.54, 1.807) is 7.05 Å². The fourth-order valence-electron chi connectivity index (χ4n) is 3.19. The summed E-state index contributed by atoms with van der Waals surface area (Å²) in [4.78, 5) is 26.3. The van der Waals surface area contributed by atoms with Gasteiger partial charge in [-0.1, -0.05) is 66.7 Å². The Balaban J connectivity index is 1.59. The second kappa shape index (κ2) is 9.74. The van der Waals surface area contributed by atoms with Crippen LogP contribution >= 0.6 is 0 Å². The second-order valence-corrected chi connectivity index (χ2v) is 7.22. The lowest BCUT2D eigenvalue weighted by Crippen LogP contribution is -2.37. The van der Waals surface area contributed by atoms with Crippen molar-refractivity contribution in [3.05, 3.63) is 83.9 Å². The molecule has 0 radical (unpaired) electrons. The lowest BCUT2D eigenvalue weighted by molar-refractivity contribution is -0.135. The smallest absolute Gasteiger partial charge is 0.260 e. The lowest BCUT2D eigenvalue weighted by Gasteiger charge is -2.19. The molecular weight excluding hydrogens is 376 g/mol. The zero-order valence-corrected chi connectivity index (χ0v) is 17.5. The number of aryl methyl sites for hydroxylation is 2. The van der Waals surface area contributed by atoms with E-state index in [4.69, 9.17) is 4.74 Å². The van der Waals surface area contributed by atoms with Crippen molar-refractivity contribution in [2.45, 2.75) is 13.8 Å². The lowest BCUT2D eigenvalue weighted by atomic mass is 10.1. The Kier molecular flexibility index (Phi) is 6.86. The van der Waals surface area contributed by atoms with Gasteiger partial charge in [-0.2, -0.15) is 0 Å². The van der Waals surface area contributed by atoms with E-state index in [1.165, 1.54) is 4.90 Å². The summed E-state index contributed by atoms with van der Waals surface area (Å²) in [5.41, 5.74) is 4.69. The standard InChI is InChI=1S/C25H26N2O3/c1-18-10-9-11-19(2)25(18)26-23(28)16-27(3)24(29)17-30-22-15-8-7-14-21(22)20-12-5-4-6-13-20/h4-15H,16-17H2,1-3H3,(H,26,28). The van der Waals surface area contributed by atoms with Crippen LogP contribution in [0.2, 0.25) is 0 Å². The summed E-state index contributed by atoms with van der Waals surface area (Å²) in [5, 5.41) is 2.90. The molecule has 0 aliphatic rings. The third-order valence-electron chi connectivity index (χ3n) is 4.88. The van der Waals surface area contributed by atoms with Gasteiger partial charge in [0.15, 0.2) is 6.61 Å². The van der Waals surface area contributed by atoms with Crippen LogP contribution in [-0.2, 0) is 9.59 Å². The van der Waals surface area contributed by atoms with Gasteiger partial charge in [-0.25, -0.2) is 0 Å². The number of rotatable bonds is 7. The number of amides is 2. The fourth-order valence-corrected chi connectivity index (χ4v) is 3.19. The van der Waals surface area contributed by atoms with Crippen LogP contribution in [0.4, 0.5) is 5.69 Å². The Morgan fingerprint density at radius 1 is 0.867 bits per heavy atom. The average Bonchev–Trinajstić information content (AvgIpc) is 2.75. The van der Waals surface area contributed by atoms with Gasteiger partial charge in [-0.05, 0) is 36.6 Å². The monoisotopic (exact) mass is 402 g/mol. The average molecular weight is 402 g/mol. The molecule has 154 valence electrons. The topological polar surface area (TPSA) is 58.6 Å². The normalized spacial score (nSPS) is 10.4. The third-order valence-corrected chi connectivity index (χ3v) is 4.88. The van der Waals surface area contributed by atoms with E-state index in [-0.39, 0.29) is 25.0 Å². The number of nitrogens with one attached hydrogen (secondary N) is 1. The number of para-hydroxylation sites is 2. The largest absolute Gasteiger partial charge is 0.483 e. The van der Waals surface area contributed by atoms with Crippen molar-refractivity contribution >= 4 is 17.5 Å². The number of nitrogens with zero attached hydrogens (tertiary/aromatic N) is 1. The van der Waals surface area contributed by atoms with Gasteiger partial charge >= 0.3 is 0 Å². The van der Waals surface area contributed by atoms with E-state index in [0.29, 0.717) is 5.75 Å². The first-order chi connectivity index (χ1) is 14.5. The van der Waals surface area contributed by atoms with Gasteiger partial charge in [0.05, 0.1) is 6.54 Å². The predicted molar refractivity (Wildman–Crippen MR) is 120 cm³/mol. The molecule has 0 aromatic heterocycles. The molecule has 0 aliphatic heterocycles. The Hall–Kier alpha value is -3.60. The number of hydrogen-bond acceptors (Lipinski definition) is 3. The van der Waals surface area contributed by atoms with Crippen molar-refractivity contribution in [1.82, 2.24) is 4.90 Å². The second-order valence-electron chi connectivity index (χ2n) is 7.22. The quantitative estimate of drug-likeness (QED) is 0.635. The van der Waals surface area contributed by atoms with E-state index in [1.807, 2.05) is 86.6 Å². The molecule has 0 heterocycles. The van der Waals surface area contributed by atoms with E-state index < -0.39 is 0 Å². The summed E-state index contributed by atoms with van der Waals surface area (Å²) < 4.78 is 5.79. The first-order valence-corrected chi connectivity index (χ1v) is 9.83. The van der Waals surface area contributed by atoms with E-state index >= 15 is 0 Å². The van der Waals surface area contributed by atoms with Crippen LogP contribution < -0.4 is 10.1 Å². The first-order valence-electron chi connectivity index (χ1n) is 9.83. The molecule has 1 N–H and O–H groups in total. The number of carbonyl (C=O) groups is 2. The van der Waals surface area contributed by atoms with E-state index in [0.717, 1.165) is 27.9 Å². The predicted octanol–water partition coefficient (Wildman–Crippen LogP) is 4.45. The molecule has 0 spiro atoms. The molecule has 0 aliphatic carbocycles. The minimum Gasteiger partial charge on any atom is -0.483 e. The van der Waals surface area contributed by atoms with Crippen LogP contribution in [0.5, 0.6) is 5.75 Å². The molecule has 0 bridgehead atoms. The minimum absolute atomic E-state index is 0.0453. The summed E-state index contributed by atoms with van der Waals surface area (Å²) in [6.07, 6.45) is 0. The van der Waals surface area contributed by atoms with Crippen LogP contribution in [-0.4, -0.2) is 36.9 Å². The molecule has 0 saturated heterocycles. The Morgan fingerprint density at radius 2 is 1.50 bits per heavy atom. The molecule has 5 nitrogen and oxygen atoms in total. The highest BCUT2D eigenvalue weighted by molar-refractivity contribution is 5.95. The van der Waals surface area contributed by atoms with Crippen molar-refractivity contribution in [2.24, 2.45) is 0 Å². The van der Waals surface area contributed by atoms with Crippen LogP contribution in [0.1, 0.15) is 11.1 Å². The van der Waals surface area contributed by atoms with Gasteiger partial charge in [0.25, 0.3) is 5.91 Å². The number of benzene rings is 3. The number of ether oxygens (including phenoxy) is 1. The molecule has 0 atom stereocenters. The van der Waals surface area contributed by atoms with E-state index in [2.05, 4.69) is 5.32 Å². The Labute approximate surface area is 177 Å². The van der Waals surface area contributed by atoms with Crippen LogP contribution in [0.25, 0.3) is 11.1 Å². The molecule has 3 aromatic carbocycles. The summed E-state index contributed by atoms with van der Waals surface area (Å²) in [7, 11) is 1.60. The van der Waals surface area contributed by atoms with Crippen LogP contribution in [0.3, 0.4) is 0 Å². The molecular formula is C25H26N2O3. The van der Waals surface area contributed by atoms with Gasteiger partial charge < -0.3 is 15.0 Å². The SMILES string of the molecule is Cc1cccc(C)c1NC(=O)CN(C)C(=O)COc1ccccc1-c1ccccc1. The zero-order valence-electron chi connectivity index (χ0n) is 17.5. The molecule has 3 rings (SSSR count). The molecule has 3 aromatic rings. The Morgan fingerprint density at radius 3 is 2.20 bits per heavy atom. The zero-order chi connectivity index (χ0) is 21.5. The van der Waals surface area contributed by atoms with Crippen molar-refractivity contribution in [3.63, 3.8) is 0 Å². The highest BCUT2D eigenvalue weighted by Gasteiger charge is 2.16. The molecule has 30 heavy (non-hydrogen) atoms. The number of carbonyl (C=O) groups excluding carboxylic acids is 2. The van der Waals surface area contributed by atoms with Gasteiger partial charge in [-0.15, -0.1) is 0 Å². The van der Waals surface area contributed by atoms with Gasteiger partial charge in [0.2, 0.25) is 5.91 Å². The maximum Gasteiger partial charge on any atom is 0.260 e. The molecule has 0 fully saturated rings. The number of anilines is 1. The van der Waals surface area contributed by atoms with Gasteiger partial charge in [0.1, 0.15) is 5.75 Å². The number of hydrogen-bond donors (Lipinski definition) is 1. The van der Waals surface area contributed by atoms with Crippen LogP contribution in [0, 0.1) is 13.8 Å². The molecule has 5 heteroatoms. The van der Waals surface area contributed by atoms with Crippen molar-refractivity contribution in [1.29, 1.82) is 0 Å². The summed E-state index contributed by atoms with van der Waals surface area (Å²) in [5.74, 6) is 0.118. The Bertz CT molecular complexity index is 1010.